The Labute approximate surface area is 106 Å². The Bertz CT molecular complexity index is 308. The molecule has 1 aliphatic rings. The van der Waals surface area contributed by atoms with E-state index in [1.807, 2.05) is 20.8 Å². The summed E-state index contributed by atoms with van der Waals surface area (Å²) < 4.78 is 25.9. The molecular weight excluding hydrogens is 236 g/mol. The minimum atomic E-state index is -3.06. The summed E-state index contributed by atoms with van der Waals surface area (Å²) in [6.45, 7) is 8.42. The maximum atomic E-state index is 12.2. The van der Waals surface area contributed by atoms with Crippen molar-refractivity contribution in [3.63, 3.8) is 0 Å². The van der Waals surface area contributed by atoms with E-state index in [0.717, 1.165) is 32.4 Å². The molecule has 0 aromatic rings. The predicted octanol–water partition coefficient (Wildman–Crippen LogP) is 1.44. The van der Waals surface area contributed by atoms with Crippen molar-refractivity contribution >= 4 is 10.0 Å². The van der Waals surface area contributed by atoms with Gasteiger partial charge in [-0.25, -0.2) is 8.42 Å². The summed E-state index contributed by atoms with van der Waals surface area (Å²) in [6, 6.07) is 0.0676. The van der Waals surface area contributed by atoms with Crippen LogP contribution >= 0.6 is 0 Å². The lowest BCUT2D eigenvalue weighted by atomic mass is 9.96. The largest absolute Gasteiger partial charge is 0.317 e. The first kappa shape index (κ1) is 14.9. The van der Waals surface area contributed by atoms with E-state index in [1.54, 1.807) is 4.31 Å². The van der Waals surface area contributed by atoms with E-state index >= 15 is 0 Å². The Kier molecular flexibility index (Phi) is 5.89. The van der Waals surface area contributed by atoms with Crippen LogP contribution in [0.2, 0.25) is 0 Å². The molecule has 102 valence electrons. The van der Waals surface area contributed by atoms with Gasteiger partial charge in [-0.1, -0.05) is 6.92 Å². The van der Waals surface area contributed by atoms with Gasteiger partial charge in [0.2, 0.25) is 10.0 Å². The summed E-state index contributed by atoms with van der Waals surface area (Å²) in [5.41, 5.74) is 0. The SMILES string of the molecule is CCN(C(C)C)S(=O)(=O)CCC1CCNCC1. The zero-order chi connectivity index (χ0) is 12.9. The van der Waals surface area contributed by atoms with Crippen LogP contribution in [0.5, 0.6) is 0 Å². The highest BCUT2D eigenvalue weighted by molar-refractivity contribution is 7.89. The molecular formula is C12H26N2O2S. The molecule has 4 nitrogen and oxygen atoms in total. The standard InChI is InChI=1S/C12H26N2O2S/c1-4-14(11(2)3)17(15,16)10-7-12-5-8-13-9-6-12/h11-13H,4-10H2,1-3H3. The molecule has 0 aromatic carbocycles. The summed E-state index contributed by atoms with van der Waals surface area (Å²) in [7, 11) is -3.06. The van der Waals surface area contributed by atoms with Gasteiger partial charge in [-0.05, 0) is 52.1 Å². The molecule has 0 amide bonds. The molecule has 17 heavy (non-hydrogen) atoms. The highest BCUT2D eigenvalue weighted by atomic mass is 32.2. The highest BCUT2D eigenvalue weighted by Gasteiger charge is 2.24. The second kappa shape index (κ2) is 6.71. The van der Waals surface area contributed by atoms with E-state index in [9.17, 15) is 8.42 Å². The molecule has 1 aliphatic heterocycles. The summed E-state index contributed by atoms with van der Waals surface area (Å²) in [6.07, 6.45) is 3.04. The van der Waals surface area contributed by atoms with E-state index in [2.05, 4.69) is 5.32 Å². The van der Waals surface area contributed by atoms with Crippen molar-refractivity contribution in [2.75, 3.05) is 25.4 Å². The van der Waals surface area contributed by atoms with Gasteiger partial charge >= 0.3 is 0 Å². The van der Waals surface area contributed by atoms with E-state index in [-0.39, 0.29) is 6.04 Å². The Morgan fingerprint density at radius 1 is 1.29 bits per heavy atom. The van der Waals surface area contributed by atoms with Crippen LogP contribution in [0, 0.1) is 5.92 Å². The number of hydrogen-bond acceptors (Lipinski definition) is 3. The molecule has 0 aromatic heterocycles. The normalized spacial score (nSPS) is 19.1. The summed E-state index contributed by atoms with van der Waals surface area (Å²) in [4.78, 5) is 0. The third-order valence-corrected chi connectivity index (χ3v) is 5.63. The van der Waals surface area contributed by atoms with Gasteiger partial charge in [-0.3, -0.25) is 0 Å². The molecule has 0 bridgehead atoms. The fourth-order valence-electron chi connectivity index (χ4n) is 2.49. The van der Waals surface area contributed by atoms with Crippen molar-refractivity contribution < 1.29 is 8.42 Å². The lowest BCUT2D eigenvalue weighted by molar-refractivity contribution is 0.348. The first-order valence-electron chi connectivity index (χ1n) is 6.67. The molecule has 1 heterocycles. The van der Waals surface area contributed by atoms with Crippen LogP contribution in [0.4, 0.5) is 0 Å². The minimum Gasteiger partial charge on any atom is -0.317 e. The number of sulfonamides is 1. The van der Waals surface area contributed by atoms with Gasteiger partial charge in [0.15, 0.2) is 0 Å². The molecule has 1 fully saturated rings. The quantitative estimate of drug-likeness (QED) is 0.788. The average Bonchev–Trinajstić information content (AvgIpc) is 2.28. The fourth-order valence-corrected chi connectivity index (χ4v) is 4.39. The van der Waals surface area contributed by atoms with Crippen molar-refractivity contribution in [2.24, 2.45) is 5.92 Å². The van der Waals surface area contributed by atoms with Crippen LogP contribution in [-0.2, 0) is 10.0 Å². The Hall–Kier alpha value is -0.130. The van der Waals surface area contributed by atoms with Gasteiger partial charge in [-0.2, -0.15) is 4.31 Å². The fraction of sp³-hybridized carbons (Fsp3) is 1.00. The number of nitrogens with zero attached hydrogens (tertiary/aromatic N) is 1. The Morgan fingerprint density at radius 2 is 1.88 bits per heavy atom. The molecule has 0 atom stereocenters. The molecule has 5 heteroatoms. The van der Waals surface area contributed by atoms with Crippen LogP contribution in [-0.4, -0.2) is 44.2 Å². The van der Waals surface area contributed by atoms with E-state index in [1.165, 1.54) is 0 Å². The lowest BCUT2D eigenvalue weighted by Crippen LogP contribution is -2.39. The number of hydrogen-bond donors (Lipinski definition) is 1. The van der Waals surface area contributed by atoms with E-state index in [0.29, 0.717) is 18.2 Å². The van der Waals surface area contributed by atoms with Gasteiger partial charge in [0.1, 0.15) is 0 Å². The highest BCUT2D eigenvalue weighted by Crippen LogP contribution is 2.18. The molecule has 0 spiro atoms. The van der Waals surface area contributed by atoms with Gasteiger partial charge in [-0.15, -0.1) is 0 Å². The average molecular weight is 262 g/mol. The van der Waals surface area contributed by atoms with Crippen LogP contribution in [0.1, 0.15) is 40.0 Å². The number of piperidine rings is 1. The first-order valence-corrected chi connectivity index (χ1v) is 8.28. The molecule has 1 rings (SSSR count). The second-order valence-corrected chi connectivity index (χ2v) is 7.14. The van der Waals surface area contributed by atoms with Crippen molar-refractivity contribution in [1.82, 2.24) is 9.62 Å². The minimum absolute atomic E-state index is 0.0676. The zero-order valence-electron chi connectivity index (χ0n) is 11.3. The monoisotopic (exact) mass is 262 g/mol. The number of nitrogens with one attached hydrogen (secondary N) is 1. The summed E-state index contributed by atoms with van der Waals surface area (Å²) in [5.74, 6) is 0.890. The van der Waals surface area contributed by atoms with Crippen molar-refractivity contribution in [3.8, 4) is 0 Å². The molecule has 0 aliphatic carbocycles. The van der Waals surface area contributed by atoms with E-state index < -0.39 is 10.0 Å². The summed E-state index contributed by atoms with van der Waals surface area (Å²) in [5, 5.41) is 3.30. The van der Waals surface area contributed by atoms with Crippen LogP contribution in [0.25, 0.3) is 0 Å². The maximum absolute atomic E-state index is 12.2. The molecule has 0 radical (unpaired) electrons. The smallest absolute Gasteiger partial charge is 0.214 e. The Morgan fingerprint density at radius 3 is 2.35 bits per heavy atom. The van der Waals surface area contributed by atoms with Crippen molar-refractivity contribution in [1.29, 1.82) is 0 Å². The van der Waals surface area contributed by atoms with Crippen LogP contribution in [0.3, 0.4) is 0 Å². The maximum Gasteiger partial charge on any atom is 0.214 e. The second-order valence-electron chi connectivity index (χ2n) is 5.10. The van der Waals surface area contributed by atoms with Gasteiger partial charge < -0.3 is 5.32 Å². The van der Waals surface area contributed by atoms with Crippen molar-refractivity contribution in [3.05, 3.63) is 0 Å². The molecule has 1 N–H and O–H groups in total. The summed E-state index contributed by atoms with van der Waals surface area (Å²) >= 11 is 0. The lowest BCUT2D eigenvalue weighted by Gasteiger charge is -2.27. The molecule has 0 saturated carbocycles. The Balaban J connectivity index is 2.47. The third-order valence-electron chi connectivity index (χ3n) is 3.49. The van der Waals surface area contributed by atoms with Gasteiger partial charge in [0, 0.05) is 12.6 Å². The van der Waals surface area contributed by atoms with Crippen molar-refractivity contribution in [2.45, 2.75) is 46.1 Å². The molecule has 1 saturated heterocycles. The van der Waals surface area contributed by atoms with Crippen LogP contribution < -0.4 is 5.32 Å². The van der Waals surface area contributed by atoms with Gasteiger partial charge in [0.25, 0.3) is 0 Å². The van der Waals surface area contributed by atoms with E-state index in [4.69, 9.17) is 0 Å². The molecule has 0 unspecified atom stereocenters. The first-order chi connectivity index (χ1) is 7.97. The predicted molar refractivity (Wildman–Crippen MR) is 71.5 cm³/mol. The topological polar surface area (TPSA) is 49.4 Å². The van der Waals surface area contributed by atoms with Gasteiger partial charge in [0.05, 0.1) is 5.75 Å². The zero-order valence-corrected chi connectivity index (χ0v) is 12.1. The third kappa shape index (κ3) is 4.56. The van der Waals surface area contributed by atoms with Crippen LogP contribution in [0.15, 0.2) is 0 Å². The number of rotatable bonds is 6.